The first kappa shape index (κ1) is 22.2. The number of hydrogen-bond acceptors (Lipinski definition) is 6. The summed E-state index contributed by atoms with van der Waals surface area (Å²) in [6.45, 7) is 3.46. The standard InChI is InChI=1S/C24H21F2N3O4/c1-14(28-15(2)30)12-31-22-10-21-20(11-27-22)29-24(33-21)17-8-18(25)23(19(26)9-17)32-13-16-6-4-3-5-7-16/h3-11,14H,12-13H2,1-2H3,(H,28,30)/t14-/m0/s1. The molecular weight excluding hydrogens is 432 g/mol. The summed E-state index contributed by atoms with van der Waals surface area (Å²) in [7, 11) is 0. The number of rotatable bonds is 8. The maximum Gasteiger partial charge on any atom is 0.227 e. The molecule has 2 aromatic carbocycles. The number of hydrogen-bond donors (Lipinski definition) is 1. The topological polar surface area (TPSA) is 86.5 Å². The predicted molar refractivity (Wildman–Crippen MR) is 117 cm³/mol. The van der Waals surface area contributed by atoms with Crippen LogP contribution < -0.4 is 14.8 Å². The fourth-order valence-electron chi connectivity index (χ4n) is 3.17. The molecule has 0 fully saturated rings. The summed E-state index contributed by atoms with van der Waals surface area (Å²) in [4.78, 5) is 19.5. The van der Waals surface area contributed by atoms with E-state index in [9.17, 15) is 13.6 Å². The van der Waals surface area contributed by atoms with Gasteiger partial charge in [0.2, 0.25) is 17.7 Å². The van der Waals surface area contributed by atoms with Gasteiger partial charge in [-0.05, 0) is 24.6 Å². The number of carbonyl (C=O) groups excluding carboxylic acids is 1. The SMILES string of the molecule is CC(=O)N[C@@H](C)COc1cc2oc(-c3cc(F)c(OCc4ccccc4)c(F)c3)nc2cn1. The van der Waals surface area contributed by atoms with Crippen molar-refractivity contribution >= 4 is 17.0 Å². The number of aromatic nitrogens is 2. The summed E-state index contributed by atoms with van der Waals surface area (Å²) in [5, 5.41) is 2.70. The number of nitrogens with one attached hydrogen (secondary N) is 1. The Bertz CT molecular complexity index is 1250. The average Bonchev–Trinajstić information content (AvgIpc) is 3.21. The van der Waals surface area contributed by atoms with E-state index in [-0.39, 0.29) is 42.5 Å². The fourth-order valence-corrected chi connectivity index (χ4v) is 3.17. The molecule has 1 amide bonds. The number of carbonyl (C=O) groups is 1. The largest absolute Gasteiger partial charge is 0.483 e. The van der Waals surface area contributed by atoms with Crippen LogP contribution >= 0.6 is 0 Å². The zero-order valence-electron chi connectivity index (χ0n) is 18.0. The fraction of sp³-hybridized carbons (Fsp3) is 0.208. The van der Waals surface area contributed by atoms with Crippen molar-refractivity contribution in [1.82, 2.24) is 15.3 Å². The third-order valence-electron chi connectivity index (χ3n) is 4.65. The van der Waals surface area contributed by atoms with Gasteiger partial charge in [-0.3, -0.25) is 4.79 Å². The second-order valence-corrected chi connectivity index (χ2v) is 7.47. The molecule has 7 nitrogen and oxygen atoms in total. The summed E-state index contributed by atoms with van der Waals surface area (Å²) in [6, 6.07) is 12.6. The zero-order chi connectivity index (χ0) is 23.4. The first-order valence-corrected chi connectivity index (χ1v) is 10.2. The molecule has 0 radical (unpaired) electrons. The lowest BCUT2D eigenvalue weighted by atomic mass is 10.2. The Kier molecular flexibility index (Phi) is 6.48. The molecule has 2 heterocycles. The number of nitrogens with zero attached hydrogens (tertiary/aromatic N) is 2. The molecule has 0 aliphatic rings. The van der Waals surface area contributed by atoms with Crippen molar-refractivity contribution in [3.63, 3.8) is 0 Å². The first-order valence-electron chi connectivity index (χ1n) is 10.2. The number of amides is 1. The molecule has 2 aromatic heterocycles. The number of oxazole rings is 1. The molecule has 4 rings (SSSR count). The lowest BCUT2D eigenvalue weighted by Crippen LogP contribution is -2.35. The minimum atomic E-state index is -0.864. The molecular formula is C24H21F2N3O4. The van der Waals surface area contributed by atoms with Gasteiger partial charge in [-0.2, -0.15) is 0 Å². The van der Waals surface area contributed by atoms with Crippen LogP contribution in [0.4, 0.5) is 8.78 Å². The van der Waals surface area contributed by atoms with Crippen LogP contribution in [0, 0.1) is 11.6 Å². The van der Waals surface area contributed by atoms with Crippen LogP contribution in [0.2, 0.25) is 0 Å². The zero-order valence-corrected chi connectivity index (χ0v) is 18.0. The third kappa shape index (κ3) is 5.43. The van der Waals surface area contributed by atoms with Crippen LogP contribution in [0.1, 0.15) is 19.4 Å². The van der Waals surface area contributed by atoms with Crippen molar-refractivity contribution in [3.05, 3.63) is 71.9 Å². The Hall–Kier alpha value is -4.01. The highest BCUT2D eigenvalue weighted by Gasteiger charge is 2.18. The maximum atomic E-state index is 14.6. The number of benzene rings is 2. The minimum Gasteiger partial charge on any atom is -0.483 e. The number of pyridine rings is 1. The molecule has 33 heavy (non-hydrogen) atoms. The van der Waals surface area contributed by atoms with Crippen molar-refractivity contribution in [2.45, 2.75) is 26.5 Å². The number of fused-ring (bicyclic) bond motifs is 1. The Balaban J connectivity index is 1.50. The molecule has 0 aliphatic carbocycles. The molecule has 0 unspecified atom stereocenters. The molecule has 0 bridgehead atoms. The van der Waals surface area contributed by atoms with E-state index in [1.807, 2.05) is 18.2 Å². The van der Waals surface area contributed by atoms with Crippen molar-refractivity contribution in [1.29, 1.82) is 0 Å². The van der Waals surface area contributed by atoms with Crippen LogP contribution in [0.15, 0.2) is 59.1 Å². The molecule has 0 saturated heterocycles. The lowest BCUT2D eigenvalue weighted by molar-refractivity contribution is -0.119. The van der Waals surface area contributed by atoms with E-state index in [0.29, 0.717) is 11.1 Å². The van der Waals surface area contributed by atoms with Crippen LogP contribution in [0.25, 0.3) is 22.6 Å². The lowest BCUT2D eigenvalue weighted by Gasteiger charge is -2.12. The van der Waals surface area contributed by atoms with Crippen LogP contribution in [-0.2, 0) is 11.4 Å². The van der Waals surface area contributed by atoms with E-state index in [4.69, 9.17) is 13.9 Å². The van der Waals surface area contributed by atoms with Crippen molar-refractivity contribution in [2.24, 2.45) is 0 Å². The summed E-state index contributed by atoms with van der Waals surface area (Å²) in [5.41, 5.74) is 1.65. The van der Waals surface area contributed by atoms with Gasteiger partial charge < -0.3 is 19.2 Å². The average molecular weight is 453 g/mol. The van der Waals surface area contributed by atoms with Crippen LogP contribution in [0.5, 0.6) is 11.6 Å². The van der Waals surface area contributed by atoms with Gasteiger partial charge in [0.25, 0.3) is 0 Å². The normalized spacial score (nSPS) is 11.9. The molecule has 0 aliphatic heterocycles. The van der Waals surface area contributed by atoms with Crippen molar-refractivity contribution in [2.75, 3.05) is 6.61 Å². The second-order valence-electron chi connectivity index (χ2n) is 7.47. The molecule has 9 heteroatoms. The van der Waals surface area contributed by atoms with Gasteiger partial charge >= 0.3 is 0 Å². The third-order valence-corrected chi connectivity index (χ3v) is 4.65. The quantitative estimate of drug-likeness (QED) is 0.418. The first-order chi connectivity index (χ1) is 15.9. The van der Waals surface area contributed by atoms with Gasteiger partial charge in [-0.1, -0.05) is 30.3 Å². The van der Waals surface area contributed by atoms with E-state index >= 15 is 0 Å². The number of ether oxygens (including phenoxy) is 2. The Morgan fingerprint density at radius 3 is 2.55 bits per heavy atom. The summed E-state index contributed by atoms with van der Waals surface area (Å²) in [6.07, 6.45) is 1.44. The Morgan fingerprint density at radius 2 is 1.85 bits per heavy atom. The van der Waals surface area contributed by atoms with Gasteiger partial charge in [0.15, 0.2) is 23.0 Å². The van der Waals surface area contributed by atoms with E-state index in [1.54, 1.807) is 19.1 Å². The van der Waals surface area contributed by atoms with E-state index in [2.05, 4.69) is 15.3 Å². The Labute approximate surface area is 188 Å². The van der Waals surface area contributed by atoms with Crippen LogP contribution in [0.3, 0.4) is 0 Å². The van der Waals surface area contributed by atoms with Crippen molar-refractivity contribution < 1.29 is 27.5 Å². The molecule has 1 atom stereocenters. The molecule has 0 spiro atoms. The molecule has 1 N–H and O–H groups in total. The monoisotopic (exact) mass is 453 g/mol. The van der Waals surface area contributed by atoms with Gasteiger partial charge in [0.1, 0.15) is 18.7 Å². The minimum absolute atomic E-state index is 0.0305. The van der Waals surface area contributed by atoms with Gasteiger partial charge in [0, 0.05) is 18.6 Å². The smallest absolute Gasteiger partial charge is 0.227 e. The van der Waals surface area contributed by atoms with Gasteiger partial charge in [0.05, 0.1) is 12.2 Å². The number of halogens is 2. The highest BCUT2D eigenvalue weighted by molar-refractivity contribution is 5.76. The Morgan fingerprint density at radius 1 is 1.12 bits per heavy atom. The summed E-state index contributed by atoms with van der Waals surface area (Å²) >= 11 is 0. The molecule has 170 valence electrons. The van der Waals surface area contributed by atoms with E-state index in [0.717, 1.165) is 17.7 Å². The summed E-state index contributed by atoms with van der Waals surface area (Å²) in [5.74, 6) is -2.06. The molecule has 4 aromatic rings. The predicted octanol–water partition coefficient (Wildman–Crippen LogP) is 4.65. The van der Waals surface area contributed by atoms with Crippen LogP contribution in [-0.4, -0.2) is 28.5 Å². The van der Waals surface area contributed by atoms with Crippen molar-refractivity contribution in [3.8, 4) is 23.1 Å². The highest BCUT2D eigenvalue weighted by Crippen LogP contribution is 2.31. The van der Waals surface area contributed by atoms with Gasteiger partial charge in [-0.15, -0.1) is 0 Å². The van der Waals surface area contributed by atoms with Gasteiger partial charge in [-0.25, -0.2) is 18.7 Å². The maximum absolute atomic E-state index is 14.6. The van der Waals surface area contributed by atoms with E-state index in [1.165, 1.54) is 19.2 Å². The molecule has 0 saturated carbocycles. The highest BCUT2D eigenvalue weighted by atomic mass is 19.1. The summed E-state index contributed by atoms with van der Waals surface area (Å²) < 4.78 is 45.7. The second kappa shape index (κ2) is 9.64. The van der Waals surface area contributed by atoms with E-state index < -0.39 is 17.4 Å².